The van der Waals surface area contributed by atoms with E-state index in [0.29, 0.717) is 0 Å². The summed E-state index contributed by atoms with van der Waals surface area (Å²) in [6, 6.07) is 0. The fourth-order valence-electron chi connectivity index (χ4n) is 0. The molecule has 1 nitrogen and oxygen atoms in total. The first-order valence-electron chi connectivity index (χ1n) is 1.26. The van der Waals surface area contributed by atoms with Gasteiger partial charge >= 0.3 is 39.2 Å². The fourth-order valence-corrected chi connectivity index (χ4v) is 0. The van der Waals surface area contributed by atoms with Gasteiger partial charge in [-0.1, -0.05) is 0 Å². The molecule has 0 aliphatic rings. The monoisotopic (exact) mass is 164 g/mol. The normalized spacial score (nSPS) is 7.50. The second kappa shape index (κ2) is 3.76. The molecule has 0 aliphatic heterocycles. The van der Waals surface area contributed by atoms with E-state index in [4.69, 9.17) is 5.73 Å². The van der Waals surface area contributed by atoms with Crippen molar-refractivity contribution in [3.63, 3.8) is 0 Å². The molecule has 3 radical (unpaired) electrons. The Bertz CT molecular complexity index is 8.00. The Kier molecular flexibility index (Phi) is 4.47. The van der Waals surface area contributed by atoms with Crippen LogP contribution in [-0.2, 0) is 0 Å². The van der Waals surface area contributed by atoms with Crippen molar-refractivity contribution in [1.29, 1.82) is 0 Å². The van der Waals surface area contributed by atoms with E-state index in [9.17, 15) is 0 Å². The molecule has 0 aromatic rings. The van der Waals surface area contributed by atoms with Gasteiger partial charge in [0.2, 0.25) is 0 Å². The molecule has 4 heavy (non-hydrogen) atoms. The molecule has 0 aromatic carbocycles. The first-order chi connectivity index (χ1) is 1.91. The summed E-state index contributed by atoms with van der Waals surface area (Å²) in [6.07, 6.45) is 0. The van der Waals surface area contributed by atoms with Gasteiger partial charge in [-0.15, -0.1) is 0 Å². The molecular weight excluding hydrogens is 157 g/mol. The fraction of sp³-hybridized carbons (Fsp3) is 1.00. The van der Waals surface area contributed by atoms with Crippen molar-refractivity contribution in [3.05, 3.63) is 0 Å². The van der Waals surface area contributed by atoms with Gasteiger partial charge in [0.15, 0.2) is 0 Å². The van der Waals surface area contributed by atoms with E-state index in [1.807, 2.05) is 0 Å². The van der Waals surface area contributed by atoms with Crippen LogP contribution in [0.5, 0.6) is 0 Å². The number of nitrogens with two attached hydrogens (primary N) is 1. The Morgan fingerprint density at radius 1 is 1.75 bits per heavy atom. The Labute approximate surface area is 39.7 Å². The Hall–Kier alpha value is 0.759. The third kappa shape index (κ3) is 2.76. The van der Waals surface area contributed by atoms with Crippen molar-refractivity contribution in [2.24, 2.45) is 5.73 Å². The molecule has 0 atom stereocenters. The molecule has 23 valence electrons. The van der Waals surface area contributed by atoms with E-state index < -0.39 is 0 Å². The first kappa shape index (κ1) is 4.76. The predicted octanol–water partition coefficient (Wildman–Crippen LogP) is -0.468. The first-order valence-corrected chi connectivity index (χ1v) is 3.28. The average molecular weight is 163 g/mol. The van der Waals surface area contributed by atoms with Crippen LogP contribution < -0.4 is 5.73 Å². The zero-order valence-corrected chi connectivity index (χ0v) is 5.35. The van der Waals surface area contributed by atoms with E-state index in [1.165, 1.54) is 4.44 Å². The second-order valence-corrected chi connectivity index (χ2v) is 1.97. The van der Waals surface area contributed by atoms with Crippen LogP contribution >= 0.6 is 0 Å². The molecule has 0 bridgehead atoms. The van der Waals surface area contributed by atoms with Crippen LogP contribution in [0.2, 0.25) is 4.44 Å². The van der Waals surface area contributed by atoms with Crippen LogP contribution in [0.25, 0.3) is 0 Å². The second-order valence-electron chi connectivity index (χ2n) is 0.539. The molecule has 0 heterocycles. The zero-order valence-electron chi connectivity index (χ0n) is 2.49. The number of rotatable bonds is 1. The Morgan fingerprint density at radius 3 is 2.00 bits per heavy atom. The van der Waals surface area contributed by atoms with Crippen LogP contribution in [0.1, 0.15) is 0 Å². The number of hydrogen-bond acceptors (Lipinski definition) is 1. The van der Waals surface area contributed by atoms with Gasteiger partial charge < -0.3 is 0 Å². The summed E-state index contributed by atoms with van der Waals surface area (Å²) in [4.78, 5) is 0. The van der Waals surface area contributed by atoms with Crippen LogP contribution in [0.15, 0.2) is 0 Å². The average Bonchev–Trinajstić information content (AvgIpc) is 1.37. The third-order valence-electron chi connectivity index (χ3n) is 0.144. The van der Waals surface area contributed by atoms with Gasteiger partial charge in [0, 0.05) is 0 Å². The molecule has 0 saturated carbocycles. The molecule has 0 saturated heterocycles. The van der Waals surface area contributed by atoms with E-state index in [-0.39, 0.29) is 0 Å². The number of hydrogen-bond donors (Lipinski definition) is 1. The molecule has 2 heteroatoms. The summed E-state index contributed by atoms with van der Waals surface area (Å²) in [5, 5.41) is 0. The standard InChI is InChI=1S/C2H6N.Sn/c1-2-3;/h1-3H2;. The molecule has 0 spiro atoms. The summed E-state index contributed by atoms with van der Waals surface area (Å²) < 4.78 is 1.19. The zero-order chi connectivity index (χ0) is 3.41. The Morgan fingerprint density at radius 2 is 2.00 bits per heavy atom. The van der Waals surface area contributed by atoms with Crippen molar-refractivity contribution < 1.29 is 0 Å². The molecule has 0 amide bonds. The summed E-state index contributed by atoms with van der Waals surface area (Å²) in [5.41, 5.74) is 5.05. The molecule has 0 aliphatic carbocycles. The van der Waals surface area contributed by atoms with Gasteiger partial charge in [-0.25, -0.2) is 0 Å². The van der Waals surface area contributed by atoms with Crippen LogP contribution in [0.4, 0.5) is 0 Å². The van der Waals surface area contributed by atoms with Gasteiger partial charge in [0.1, 0.15) is 0 Å². The van der Waals surface area contributed by atoms with Crippen molar-refractivity contribution >= 4 is 22.5 Å². The third-order valence-corrected chi connectivity index (χ3v) is 0.968. The minimum absolute atomic E-state index is 0.859. The summed E-state index contributed by atoms with van der Waals surface area (Å²) in [6.45, 7) is 0.859. The summed E-state index contributed by atoms with van der Waals surface area (Å²) >= 11 is 1.54. The predicted molar refractivity (Wildman–Crippen MR) is 19.6 cm³/mol. The Balaban J connectivity index is 1.97. The molecule has 0 rings (SSSR count). The van der Waals surface area contributed by atoms with Crippen molar-refractivity contribution in [2.45, 2.75) is 4.44 Å². The van der Waals surface area contributed by atoms with Gasteiger partial charge in [-0.05, 0) is 0 Å². The van der Waals surface area contributed by atoms with E-state index >= 15 is 0 Å². The van der Waals surface area contributed by atoms with Gasteiger partial charge in [-0.2, -0.15) is 0 Å². The maximum atomic E-state index is 5.05. The minimum atomic E-state index is 0.859. The van der Waals surface area contributed by atoms with E-state index in [1.54, 1.807) is 22.5 Å². The topological polar surface area (TPSA) is 26.0 Å². The molecule has 0 fully saturated rings. The summed E-state index contributed by atoms with van der Waals surface area (Å²) in [5.74, 6) is 0. The maximum absolute atomic E-state index is 5.05. The molecule has 0 aromatic heterocycles. The van der Waals surface area contributed by atoms with E-state index in [0.717, 1.165) is 6.54 Å². The van der Waals surface area contributed by atoms with Crippen molar-refractivity contribution in [2.75, 3.05) is 6.54 Å². The quantitative estimate of drug-likeness (QED) is 0.519. The van der Waals surface area contributed by atoms with Gasteiger partial charge in [0.25, 0.3) is 0 Å². The van der Waals surface area contributed by atoms with Gasteiger partial charge in [0.05, 0.1) is 0 Å². The SMILES string of the molecule is NC[CH2][Sn]. The van der Waals surface area contributed by atoms with Gasteiger partial charge in [-0.3, -0.25) is 0 Å². The molecular formula is C2H6NSn. The van der Waals surface area contributed by atoms with Crippen molar-refractivity contribution in [3.8, 4) is 0 Å². The van der Waals surface area contributed by atoms with E-state index in [2.05, 4.69) is 0 Å². The van der Waals surface area contributed by atoms with Crippen LogP contribution in [-0.4, -0.2) is 29.1 Å². The van der Waals surface area contributed by atoms with Crippen molar-refractivity contribution in [1.82, 2.24) is 0 Å². The van der Waals surface area contributed by atoms with Crippen LogP contribution in [0, 0.1) is 0 Å². The summed E-state index contributed by atoms with van der Waals surface area (Å²) in [7, 11) is 0. The molecule has 0 unspecified atom stereocenters. The van der Waals surface area contributed by atoms with Crippen LogP contribution in [0.3, 0.4) is 0 Å². The molecule has 2 N–H and O–H groups in total.